The van der Waals surface area contributed by atoms with E-state index in [-0.39, 0.29) is 33.9 Å². The first-order valence-electron chi connectivity index (χ1n) is 9.71. The lowest BCUT2D eigenvalue weighted by molar-refractivity contribution is -0.160. The SMILES string of the molecule is Cc1cc(C2=CSC(c3cc(Cl)cc(Cl)c3)(C(F)(F)F)C2)ccc1CNC(=O)C(C)C. The van der Waals surface area contributed by atoms with Crippen molar-refractivity contribution in [3.05, 3.63) is 74.1 Å². The van der Waals surface area contributed by atoms with Crippen molar-refractivity contribution < 1.29 is 18.0 Å². The molecule has 0 saturated carbocycles. The van der Waals surface area contributed by atoms with Gasteiger partial charge in [-0.05, 0) is 58.4 Å². The van der Waals surface area contributed by atoms with Gasteiger partial charge in [0, 0.05) is 28.9 Å². The smallest absolute Gasteiger partial charge is 0.352 e. The standard InChI is InChI=1S/C23H22Cl2F3NOS/c1-13(2)21(30)29-11-16-5-4-15(6-14(16)3)17-10-22(31-12-17,23(26,27)28)18-7-19(24)9-20(25)8-18/h4-9,12-13H,10-11H2,1-3H3,(H,29,30). The van der Waals surface area contributed by atoms with E-state index < -0.39 is 10.9 Å². The summed E-state index contributed by atoms with van der Waals surface area (Å²) >= 11 is 12.7. The molecule has 2 aromatic rings. The van der Waals surface area contributed by atoms with E-state index in [9.17, 15) is 18.0 Å². The topological polar surface area (TPSA) is 29.1 Å². The summed E-state index contributed by atoms with van der Waals surface area (Å²) in [4.78, 5) is 11.8. The van der Waals surface area contributed by atoms with Crippen molar-refractivity contribution in [3.8, 4) is 0 Å². The van der Waals surface area contributed by atoms with Crippen LogP contribution < -0.4 is 5.32 Å². The van der Waals surface area contributed by atoms with Crippen LogP contribution >= 0.6 is 35.0 Å². The Labute approximate surface area is 194 Å². The third-order valence-corrected chi connectivity index (χ3v) is 7.17. The van der Waals surface area contributed by atoms with E-state index in [0.717, 1.165) is 28.5 Å². The van der Waals surface area contributed by atoms with Gasteiger partial charge >= 0.3 is 6.18 Å². The second-order valence-corrected chi connectivity index (χ2v) is 9.98. The van der Waals surface area contributed by atoms with Gasteiger partial charge in [0.1, 0.15) is 4.75 Å². The Morgan fingerprint density at radius 1 is 1.16 bits per heavy atom. The Kier molecular flexibility index (Phi) is 7.04. The Bertz CT molecular complexity index is 1020. The number of allylic oxidation sites excluding steroid dienone is 1. The zero-order chi connectivity index (χ0) is 23.0. The molecule has 1 atom stereocenters. The minimum Gasteiger partial charge on any atom is -0.352 e. The van der Waals surface area contributed by atoms with Gasteiger partial charge < -0.3 is 5.32 Å². The minimum atomic E-state index is -4.50. The first kappa shape index (κ1) is 24.0. The number of amides is 1. The van der Waals surface area contributed by atoms with E-state index in [0.29, 0.717) is 12.1 Å². The molecular weight excluding hydrogens is 466 g/mol. The minimum absolute atomic E-state index is 0.0403. The van der Waals surface area contributed by atoms with E-state index in [4.69, 9.17) is 23.2 Å². The second-order valence-electron chi connectivity index (χ2n) is 7.93. The second kappa shape index (κ2) is 9.08. The Hall–Kier alpha value is -1.63. The van der Waals surface area contributed by atoms with Crippen LogP contribution in [0, 0.1) is 12.8 Å². The van der Waals surface area contributed by atoms with Crippen LogP contribution in [-0.4, -0.2) is 12.1 Å². The molecule has 3 rings (SSSR count). The van der Waals surface area contributed by atoms with Crippen LogP contribution in [0.15, 0.2) is 41.8 Å². The van der Waals surface area contributed by atoms with Crippen molar-refractivity contribution >= 4 is 46.4 Å². The molecule has 0 saturated heterocycles. The number of halogens is 5. The van der Waals surface area contributed by atoms with Gasteiger partial charge in [-0.3, -0.25) is 4.79 Å². The van der Waals surface area contributed by atoms with Crippen LogP contribution in [0.5, 0.6) is 0 Å². The summed E-state index contributed by atoms with van der Waals surface area (Å²) in [6, 6.07) is 9.59. The lowest BCUT2D eigenvalue weighted by atomic mass is 9.88. The van der Waals surface area contributed by atoms with Gasteiger partial charge in [0.25, 0.3) is 0 Å². The predicted octanol–water partition coefficient (Wildman–Crippen LogP) is 7.51. The zero-order valence-corrected chi connectivity index (χ0v) is 19.6. The molecule has 0 radical (unpaired) electrons. The highest BCUT2D eigenvalue weighted by Gasteiger charge is 2.58. The molecule has 1 amide bonds. The molecule has 8 heteroatoms. The van der Waals surface area contributed by atoms with Gasteiger partial charge in [-0.1, -0.05) is 55.2 Å². The lowest BCUT2D eigenvalue weighted by Crippen LogP contribution is -2.37. The number of carbonyl (C=O) groups is 1. The van der Waals surface area contributed by atoms with Crippen molar-refractivity contribution in [1.29, 1.82) is 0 Å². The van der Waals surface area contributed by atoms with Crippen LogP contribution in [0.2, 0.25) is 10.0 Å². The molecule has 0 fully saturated rings. The van der Waals surface area contributed by atoms with Gasteiger partial charge in [0.2, 0.25) is 5.91 Å². The molecule has 0 aliphatic carbocycles. The molecule has 0 spiro atoms. The number of alkyl halides is 3. The van der Waals surface area contributed by atoms with Gasteiger partial charge in [-0.2, -0.15) is 13.2 Å². The fourth-order valence-corrected chi connectivity index (χ4v) is 5.18. The summed E-state index contributed by atoms with van der Waals surface area (Å²) in [5.41, 5.74) is 3.19. The van der Waals surface area contributed by atoms with Crippen molar-refractivity contribution in [2.24, 2.45) is 5.92 Å². The van der Waals surface area contributed by atoms with Crippen molar-refractivity contribution in [2.45, 2.75) is 44.7 Å². The number of hydrogen-bond donors (Lipinski definition) is 1. The van der Waals surface area contributed by atoms with Crippen LogP contribution in [0.3, 0.4) is 0 Å². The molecule has 166 valence electrons. The molecule has 1 N–H and O–H groups in total. The number of thioether (sulfide) groups is 1. The highest BCUT2D eigenvalue weighted by molar-refractivity contribution is 8.03. The number of carbonyl (C=O) groups excluding carboxylic acids is 1. The zero-order valence-electron chi connectivity index (χ0n) is 17.2. The van der Waals surface area contributed by atoms with E-state index in [1.54, 1.807) is 11.5 Å². The molecule has 31 heavy (non-hydrogen) atoms. The highest BCUT2D eigenvalue weighted by atomic mass is 35.5. The molecule has 2 aromatic carbocycles. The normalized spacial score (nSPS) is 18.9. The average molecular weight is 488 g/mol. The number of hydrogen-bond acceptors (Lipinski definition) is 2. The summed E-state index contributed by atoms with van der Waals surface area (Å²) in [6.45, 7) is 5.90. The summed E-state index contributed by atoms with van der Waals surface area (Å²) < 4.78 is 40.6. The van der Waals surface area contributed by atoms with Crippen LogP contribution in [0.25, 0.3) is 5.57 Å². The molecule has 1 aliphatic heterocycles. The summed E-state index contributed by atoms with van der Waals surface area (Å²) in [6.07, 6.45) is -4.72. The Morgan fingerprint density at radius 3 is 2.35 bits per heavy atom. The van der Waals surface area contributed by atoms with E-state index in [1.165, 1.54) is 18.2 Å². The molecule has 2 nitrogen and oxygen atoms in total. The number of rotatable bonds is 5. The number of nitrogens with one attached hydrogen (secondary N) is 1. The summed E-state index contributed by atoms with van der Waals surface area (Å²) in [5, 5.41) is 4.77. The molecular formula is C23H22Cl2F3NOS. The van der Waals surface area contributed by atoms with Crippen LogP contribution in [0.4, 0.5) is 13.2 Å². The van der Waals surface area contributed by atoms with E-state index in [2.05, 4.69) is 5.32 Å². The fourth-order valence-electron chi connectivity index (χ4n) is 3.46. The third kappa shape index (κ3) is 5.07. The maximum atomic E-state index is 14.3. The van der Waals surface area contributed by atoms with Gasteiger partial charge in [-0.25, -0.2) is 0 Å². The van der Waals surface area contributed by atoms with E-state index in [1.807, 2.05) is 32.9 Å². The molecule has 0 aromatic heterocycles. The first-order valence-corrected chi connectivity index (χ1v) is 11.3. The van der Waals surface area contributed by atoms with Crippen molar-refractivity contribution in [2.75, 3.05) is 0 Å². The Morgan fingerprint density at radius 2 is 1.81 bits per heavy atom. The Balaban J connectivity index is 1.87. The molecule has 1 aliphatic rings. The average Bonchev–Trinajstić information content (AvgIpc) is 3.12. The maximum Gasteiger partial charge on any atom is 0.407 e. The predicted molar refractivity (Wildman–Crippen MR) is 122 cm³/mol. The largest absolute Gasteiger partial charge is 0.407 e. The lowest BCUT2D eigenvalue weighted by Gasteiger charge is -2.32. The van der Waals surface area contributed by atoms with Crippen molar-refractivity contribution in [3.63, 3.8) is 0 Å². The van der Waals surface area contributed by atoms with Gasteiger partial charge in [-0.15, -0.1) is 11.8 Å². The summed E-state index contributed by atoms with van der Waals surface area (Å²) in [5.74, 6) is -0.163. The summed E-state index contributed by atoms with van der Waals surface area (Å²) in [7, 11) is 0. The van der Waals surface area contributed by atoms with Crippen molar-refractivity contribution in [1.82, 2.24) is 5.32 Å². The first-order chi connectivity index (χ1) is 14.4. The maximum absolute atomic E-state index is 14.3. The molecule has 1 heterocycles. The number of aryl methyl sites for hydroxylation is 1. The van der Waals surface area contributed by atoms with E-state index >= 15 is 0 Å². The van der Waals surface area contributed by atoms with Crippen LogP contribution in [0.1, 0.15) is 42.5 Å². The molecule has 0 bridgehead atoms. The monoisotopic (exact) mass is 487 g/mol. The fraction of sp³-hybridized carbons (Fsp3) is 0.348. The highest BCUT2D eigenvalue weighted by Crippen LogP contribution is 2.60. The van der Waals surface area contributed by atoms with Gasteiger partial charge in [0.05, 0.1) is 0 Å². The molecule has 1 unspecified atom stereocenters. The third-order valence-electron chi connectivity index (χ3n) is 5.32. The van der Waals surface area contributed by atoms with Crippen LogP contribution in [-0.2, 0) is 16.1 Å². The number of benzene rings is 2. The quantitative estimate of drug-likeness (QED) is 0.472. The van der Waals surface area contributed by atoms with Gasteiger partial charge in [0.15, 0.2) is 0 Å².